The van der Waals surface area contributed by atoms with Crippen molar-refractivity contribution >= 4 is 44.2 Å². The van der Waals surface area contributed by atoms with Crippen LogP contribution in [0.1, 0.15) is 30.7 Å². The van der Waals surface area contributed by atoms with Crippen LogP contribution >= 0.6 is 23.1 Å². The van der Waals surface area contributed by atoms with Gasteiger partial charge in [-0.25, -0.2) is 4.98 Å². The van der Waals surface area contributed by atoms with Crippen LogP contribution in [0.25, 0.3) is 21.1 Å². The molecule has 0 amide bonds. The van der Waals surface area contributed by atoms with Crippen LogP contribution in [-0.2, 0) is 12.3 Å². The molecule has 0 bridgehead atoms. The second-order valence-corrected chi connectivity index (χ2v) is 9.23. The number of fused-ring (bicyclic) bond motifs is 2. The molecule has 0 aliphatic carbocycles. The first-order valence-corrected chi connectivity index (χ1v) is 11.3. The van der Waals surface area contributed by atoms with Crippen LogP contribution < -0.4 is 11.1 Å². The summed E-state index contributed by atoms with van der Waals surface area (Å²) in [5.41, 5.74) is 1.32. The second-order valence-electron chi connectivity index (χ2n) is 7.09. The van der Waals surface area contributed by atoms with Gasteiger partial charge in [-0.2, -0.15) is 4.68 Å². The third-order valence-corrected chi connectivity index (χ3v) is 6.93. The first-order chi connectivity index (χ1) is 14.0. The van der Waals surface area contributed by atoms with Crippen molar-refractivity contribution in [1.29, 1.82) is 0 Å². The van der Waals surface area contributed by atoms with E-state index in [1.807, 2.05) is 13.0 Å². The number of aromatic amines is 1. The summed E-state index contributed by atoms with van der Waals surface area (Å²) in [7, 11) is 0. The van der Waals surface area contributed by atoms with E-state index in [9.17, 15) is 9.59 Å². The maximum atomic E-state index is 12.8. The molecule has 3 heterocycles. The summed E-state index contributed by atoms with van der Waals surface area (Å²) >= 11 is 2.80. The van der Waals surface area contributed by atoms with Crippen molar-refractivity contribution in [3.05, 3.63) is 55.4 Å². The summed E-state index contributed by atoms with van der Waals surface area (Å²) in [6.07, 6.45) is 1.94. The van der Waals surface area contributed by atoms with Crippen molar-refractivity contribution in [3.8, 4) is 0 Å². The van der Waals surface area contributed by atoms with E-state index < -0.39 is 0 Å². The molecule has 9 heteroatoms. The van der Waals surface area contributed by atoms with E-state index in [1.165, 1.54) is 16.4 Å². The number of aromatic nitrogens is 5. The Balaban J connectivity index is 1.63. The van der Waals surface area contributed by atoms with Gasteiger partial charge in [0, 0.05) is 4.88 Å². The van der Waals surface area contributed by atoms with Gasteiger partial charge in [-0.3, -0.25) is 9.59 Å². The van der Waals surface area contributed by atoms with Crippen molar-refractivity contribution in [1.82, 2.24) is 25.0 Å². The summed E-state index contributed by atoms with van der Waals surface area (Å²) in [6.45, 7) is 6.39. The lowest BCUT2D eigenvalue weighted by Gasteiger charge is -2.08. The molecule has 1 N–H and O–H groups in total. The number of hydrogen-bond acceptors (Lipinski definition) is 7. The summed E-state index contributed by atoms with van der Waals surface area (Å²) < 4.78 is 1.28. The highest BCUT2D eigenvalue weighted by atomic mass is 32.2. The molecule has 0 fully saturated rings. The molecule has 0 spiro atoms. The number of H-pyrrole nitrogens is 1. The second kappa shape index (κ2) is 8.08. The normalized spacial score (nSPS) is 12.7. The van der Waals surface area contributed by atoms with Gasteiger partial charge in [0.25, 0.3) is 11.1 Å². The zero-order valence-corrected chi connectivity index (χ0v) is 18.1. The van der Waals surface area contributed by atoms with Crippen LogP contribution in [0.4, 0.5) is 0 Å². The minimum Gasteiger partial charge on any atom is -0.301 e. The Bertz CT molecular complexity index is 1310. The van der Waals surface area contributed by atoms with Gasteiger partial charge in [-0.1, -0.05) is 49.4 Å². The van der Waals surface area contributed by atoms with E-state index in [-0.39, 0.29) is 17.0 Å². The number of thioether (sulfide) groups is 1. The smallest absolute Gasteiger partial charge is 0.278 e. The monoisotopic (exact) mass is 427 g/mol. The van der Waals surface area contributed by atoms with Crippen molar-refractivity contribution in [3.63, 3.8) is 0 Å². The minimum absolute atomic E-state index is 0.128. The molecule has 4 rings (SSSR count). The van der Waals surface area contributed by atoms with Gasteiger partial charge >= 0.3 is 0 Å². The number of aryl methyl sites for hydroxylation is 1. The van der Waals surface area contributed by atoms with E-state index in [4.69, 9.17) is 0 Å². The number of nitrogens with one attached hydrogen (secondary N) is 1. The Morgan fingerprint density at radius 1 is 1.28 bits per heavy atom. The number of benzene rings is 1. The van der Waals surface area contributed by atoms with E-state index in [0.717, 1.165) is 28.1 Å². The predicted octanol–water partition coefficient (Wildman–Crippen LogP) is 3.74. The summed E-state index contributed by atoms with van der Waals surface area (Å²) in [5, 5.41) is 9.75. The van der Waals surface area contributed by atoms with Crippen molar-refractivity contribution in [2.45, 2.75) is 44.6 Å². The molecule has 4 aromatic rings. The highest BCUT2D eigenvalue weighted by molar-refractivity contribution is 7.98. The minimum atomic E-state index is -0.214. The highest BCUT2D eigenvalue weighted by Crippen LogP contribution is 2.30. The average molecular weight is 428 g/mol. The summed E-state index contributed by atoms with van der Waals surface area (Å²) in [4.78, 5) is 34.7. The molecule has 1 unspecified atom stereocenters. The zero-order chi connectivity index (χ0) is 20.5. The third-order valence-electron chi connectivity index (χ3n) is 5.04. The molecule has 0 aliphatic rings. The lowest BCUT2D eigenvalue weighted by atomic mass is 9.98. The molecule has 7 nitrogen and oxygen atoms in total. The van der Waals surface area contributed by atoms with Crippen molar-refractivity contribution < 1.29 is 0 Å². The van der Waals surface area contributed by atoms with Crippen molar-refractivity contribution in [2.75, 3.05) is 0 Å². The molecule has 1 atom stereocenters. The topological polar surface area (TPSA) is 93.5 Å². The number of thiophene rings is 1. The molecule has 1 aromatic carbocycles. The first-order valence-electron chi connectivity index (χ1n) is 9.45. The molecule has 0 saturated carbocycles. The van der Waals surface area contributed by atoms with Gasteiger partial charge in [-0.05, 0) is 37.0 Å². The fraction of sp³-hybridized carbons (Fsp3) is 0.350. The maximum Gasteiger partial charge on any atom is 0.278 e. The number of nitrogens with zero attached hydrogens (tertiary/aromatic N) is 4. The summed E-state index contributed by atoms with van der Waals surface area (Å²) in [5.74, 6) is 0.730. The Kier molecular flexibility index (Phi) is 5.51. The zero-order valence-electron chi connectivity index (χ0n) is 16.4. The molecule has 0 radical (unpaired) electrons. The van der Waals surface area contributed by atoms with Crippen LogP contribution in [0.3, 0.4) is 0 Å². The molecule has 29 heavy (non-hydrogen) atoms. The van der Waals surface area contributed by atoms with E-state index in [2.05, 4.69) is 34.1 Å². The predicted molar refractivity (Wildman–Crippen MR) is 118 cm³/mol. The van der Waals surface area contributed by atoms with Crippen LogP contribution in [0, 0.1) is 12.8 Å². The van der Waals surface area contributed by atoms with E-state index in [0.29, 0.717) is 27.4 Å². The maximum absolute atomic E-state index is 12.8. The Morgan fingerprint density at radius 3 is 2.86 bits per heavy atom. The lowest BCUT2D eigenvalue weighted by Crippen LogP contribution is -2.23. The lowest BCUT2D eigenvalue weighted by molar-refractivity contribution is 0.561. The SMILES string of the molecule is CCC(C)Cc1c(C)sc2nc(SCn3nnc4ccccc4c3=O)[nH]c(=O)c12. The molecular formula is C20H21N5O2S2. The first kappa shape index (κ1) is 19.8. The third kappa shape index (κ3) is 3.84. The van der Waals surface area contributed by atoms with Crippen LogP contribution in [0.5, 0.6) is 0 Å². The van der Waals surface area contributed by atoms with Gasteiger partial charge in [0.05, 0.1) is 16.6 Å². The largest absolute Gasteiger partial charge is 0.301 e. The molecule has 0 aliphatic heterocycles. The van der Waals surface area contributed by atoms with Crippen LogP contribution in [-0.4, -0.2) is 25.0 Å². The Labute approximate surface area is 175 Å². The average Bonchev–Trinajstić information content (AvgIpc) is 3.03. The Hall–Kier alpha value is -2.52. The fourth-order valence-corrected chi connectivity index (χ4v) is 5.04. The number of hydrogen-bond donors (Lipinski definition) is 1. The standard InChI is InChI=1S/C20H21N5O2S2/c1-4-11(2)9-14-12(3)29-18-16(14)17(26)21-20(22-18)28-10-25-19(27)13-7-5-6-8-15(13)23-24-25/h5-8,11H,4,9-10H2,1-3H3,(H,21,22,26). The van der Waals surface area contributed by atoms with Gasteiger partial charge < -0.3 is 4.98 Å². The van der Waals surface area contributed by atoms with Gasteiger partial charge in [0.1, 0.15) is 10.3 Å². The van der Waals surface area contributed by atoms with E-state index >= 15 is 0 Å². The highest BCUT2D eigenvalue weighted by Gasteiger charge is 2.17. The van der Waals surface area contributed by atoms with E-state index in [1.54, 1.807) is 29.5 Å². The molecule has 0 saturated heterocycles. The van der Waals surface area contributed by atoms with Gasteiger partial charge in [-0.15, -0.1) is 16.4 Å². The van der Waals surface area contributed by atoms with Crippen LogP contribution in [0.15, 0.2) is 39.0 Å². The fourth-order valence-electron chi connectivity index (χ4n) is 3.19. The van der Waals surface area contributed by atoms with Crippen LogP contribution in [0.2, 0.25) is 0 Å². The van der Waals surface area contributed by atoms with Gasteiger partial charge in [0.15, 0.2) is 5.16 Å². The molecular weight excluding hydrogens is 406 g/mol. The van der Waals surface area contributed by atoms with Gasteiger partial charge in [0.2, 0.25) is 0 Å². The van der Waals surface area contributed by atoms with Crippen molar-refractivity contribution in [2.24, 2.45) is 5.92 Å². The quantitative estimate of drug-likeness (QED) is 0.372. The number of rotatable bonds is 6. The molecule has 3 aromatic heterocycles. The Morgan fingerprint density at radius 2 is 2.07 bits per heavy atom. The summed E-state index contributed by atoms with van der Waals surface area (Å²) in [6, 6.07) is 7.10. The molecule has 150 valence electrons.